The van der Waals surface area contributed by atoms with Crippen LogP contribution < -0.4 is 10.1 Å². The van der Waals surface area contributed by atoms with E-state index in [1.54, 1.807) is 18.4 Å². The van der Waals surface area contributed by atoms with Gasteiger partial charge < -0.3 is 15.0 Å². The number of aromatic nitrogens is 1. The Morgan fingerprint density at radius 1 is 1.14 bits per heavy atom. The highest BCUT2D eigenvalue weighted by Gasteiger charge is 2.26. The monoisotopic (exact) mass is 517 g/mol. The molecule has 2 aromatic carbocycles. The summed E-state index contributed by atoms with van der Waals surface area (Å²) in [7, 11) is 1.65. The van der Waals surface area contributed by atoms with Crippen LogP contribution in [-0.4, -0.2) is 41.9 Å². The Hall–Kier alpha value is -3.19. The van der Waals surface area contributed by atoms with E-state index >= 15 is 0 Å². The van der Waals surface area contributed by atoms with Crippen LogP contribution in [0.5, 0.6) is 5.75 Å². The summed E-state index contributed by atoms with van der Waals surface area (Å²) in [5.41, 5.74) is 5.16. The van der Waals surface area contributed by atoms with Crippen molar-refractivity contribution in [3.8, 4) is 5.75 Å². The smallest absolute Gasteiger partial charge is 0.271 e. The number of rotatable bonds is 7. The molecule has 6 nitrogen and oxygen atoms in total. The average Bonchev–Trinajstić information content (AvgIpc) is 3.38. The SMILES string of the molecule is COc1ccc(C)cc1CC(=O)N1CCC(Cc2nc(C(=O)NC3CCCc4ccccc43)cs2)CC1. The number of hydrogen-bond acceptors (Lipinski definition) is 5. The van der Waals surface area contributed by atoms with E-state index in [1.807, 2.05) is 41.5 Å². The molecule has 0 saturated carbocycles. The van der Waals surface area contributed by atoms with E-state index in [2.05, 4.69) is 28.5 Å². The van der Waals surface area contributed by atoms with E-state index in [1.165, 1.54) is 11.1 Å². The molecule has 1 unspecified atom stereocenters. The second kappa shape index (κ2) is 11.5. The number of likely N-dealkylation sites (tertiary alicyclic amines) is 1. The summed E-state index contributed by atoms with van der Waals surface area (Å²) in [4.78, 5) is 32.5. The molecule has 1 fully saturated rings. The molecule has 1 saturated heterocycles. The van der Waals surface area contributed by atoms with E-state index in [0.29, 0.717) is 18.0 Å². The van der Waals surface area contributed by atoms with Gasteiger partial charge in [-0.1, -0.05) is 42.0 Å². The fraction of sp³-hybridized carbons (Fsp3) is 0.433. The van der Waals surface area contributed by atoms with Gasteiger partial charge >= 0.3 is 0 Å². The molecule has 2 heterocycles. The second-order valence-electron chi connectivity index (χ2n) is 10.3. The van der Waals surface area contributed by atoms with Crippen LogP contribution in [0.1, 0.15) is 69.5 Å². The van der Waals surface area contributed by atoms with Crippen LogP contribution in [0.2, 0.25) is 0 Å². The Balaban J connectivity index is 1.12. The van der Waals surface area contributed by atoms with Gasteiger partial charge in [0.2, 0.25) is 5.91 Å². The molecule has 1 N–H and O–H groups in total. The van der Waals surface area contributed by atoms with Crippen LogP contribution in [0.25, 0.3) is 0 Å². The zero-order chi connectivity index (χ0) is 25.8. The predicted octanol–water partition coefficient (Wildman–Crippen LogP) is 5.29. The third-order valence-electron chi connectivity index (χ3n) is 7.67. The number of nitrogens with one attached hydrogen (secondary N) is 1. The maximum absolute atomic E-state index is 12.9. The molecule has 194 valence electrons. The molecule has 1 aliphatic heterocycles. The highest BCUT2D eigenvalue weighted by molar-refractivity contribution is 7.09. The van der Waals surface area contributed by atoms with Crippen LogP contribution in [0.3, 0.4) is 0 Å². The number of thiazole rings is 1. The molecule has 1 aliphatic carbocycles. The number of piperidine rings is 1. The largest absolute Gasteiger partial charge is 0.496 e. The van der Waals surface area contributed by atoms with Gasteiger partial charge in [0.05, 0.1) is 24.6 Å². The first-order valence-corrected chi connectivity index (χ1v) is 14.1. The van der Waals surface area contributed by atoms with E-state index in [-0.39, 0.29) is 17.9 Å². The van der Waals surface area contributed by atoms with E-state index in [4.69, 9.17) is 4.74 Å². The summed E-state index contributed by atoms with van der Waals surface area (Å²) < 4.78 is 5.44. The van der Waals surface area contributed by atoms with E-state index < -0.39 is 0 Å². The lowest BCUT2D eigenvalue weighted by Gasteiger charge is -2.32. The second-order valence-corrected chi connectivity index (χ2v) is 11.2. The number of benzene rings is 2. The van der Waals surface area contributed by atoms with E-state index in [0.717, 1.165) is 73.5 Å². The van der Waals surface area contributed by atoms with Crippen molar-refractivity contribution in [2.45, 2.75) is 57.9 Å². The molecule has 7 heteroatoms. The first-order chi connectivity index (χ1) is 18.0. The first kappa shape index (κ1) is 25.5. The molecule has 3 aromatic rings. The van der Waals surface area contributed by atoms with Gasteiger partial charge in [0.15, 0.2) is 0 Å². The molecule has 0 radical (unpaired) electrons. The predicted molar refractivity (Wildman–Crippen MR) is 146 cm³/mol. The van der Waals surface area contributed by atoms with Crippen LogP contribution in [0.15, 0.2) is 47.8 Å². The molecule has 0 bridgehead atoms. The summed E-state index contributed by atoms with van der Waals surface area (Å²) in [5, 5.41) is 6.10. The van der Waals surface area contributed by atoms with Crippen LogP contribution in [0, 0.1) is 12.8 Å². The van der Waals surface area contributed by atoms with Crippen LogP contribution in [0.4, 0.5) is 0 Å². The number of fused-ring (bicyclic) bond motifs is 1. The van der Waals surface area contributed by atoms with Gasteiger partial charge in [0, 0.05) is 30.5 Å². The fourth-order valence-electron chi connectivity index (χ4n) is 5.60. The van der Waals surface area contributed by atoms with Gasteiger partial charge in [0.25, 0.3) is 5.91 Å². The number of carbonyl (C=O) groups excluding carboxylic acids is 2. The quantitative estimate of drug-likeness (QED) is 0.462. The van der Waals surface area contributed by atoms with Crippen LogP contribution in [-0.2, 0) is 24.1 Å². The zero-order valence-corrected chi connectivity index (χ0v) is 22.5. The summed E-state index contributed by atoms with van der Waals surface area (Å²) in [6, 6.07) is 14.4. The normalized spacial score (nSPS) is 17.8. The van der Waals surface area contributed by atoms with E-state index in [9.17, 15) is 9.59 Å². The highest BCUT2D eigenvalue weighted by atomic mass is 32.1. The number of hydrogen-bond donors (Lipinski definition) is 1. The van der Waals surface area contributed by atoms with Crippen molar-refractivity contribution in [1.29, 1.82) is 0 Å². The molecule has 2 aliphatic rings. The third kappa shape index (κ3) is 6.04. The van der Waals surface area contributed by atoms with Crippen molar-refractivity contribution in [2.75, 3.05) is 20.2 Å². The van der Waals surface area contributed by atoms with Crippen molar-refractivity contribution >= 4 is 23.2 Å². The average molecular weight is 518 g/mol. The Labute approximate surface area is 223 Å². The van der Waals surface area contributed by atoms with Gasteiger partial charge in [-0.05, 0) is 62.1 Å². The standard InChI is InChI=1S/C30H35N3O3S/c1-20-10-11-27(36-2)23(16-20)18-29(34)33-14-12-21(13-15-33)17-28-31-26(19-37-28)30(35)32-25-9-5-7-22-6-3-4-8-24(22)25/h3-4,6,8,10-11,16,19,21,25H,5,7,9,12-15,17-18H2,1-2H3,(H,32,35). The topological polar surface area (TPSA) is 71.5 Å². The third-order valence-corrected chi connectivity index (χ3v) is 8.54. The summed E-state index contributed by atoms with van der Waals surface area (Å²) in [6.07, 6.45) is 6.27. The number of nitrogens with zero attached hydrogens (tertiary/aromatic N) is 2. The van der Waals surface area contributed by atoms with Gasteiger partial charge in [-0.25, -0.2) is 4.98 Å². The molecule has 37 heavy (non-hydrogen) atoms. The van der Waals surface area contributed by atoms with Crippen molar-refractivity contribution < 1.29 is 14.3 Å². The Morgan fingerprint density at radius 2 is 1.95 bits per heavy atom. The molecule has 2 amide bonds. The maximum atomic E-state index is 12.9. The first-order valence-electron chi connectivity index (χ1n) is 13.2. The number of ether oxygens (including phenoxy) is 1. The lowest BCUT2D eigenvalue weighted by molar-refractivity contribution is -0.131. The number of carbonyl (C=O) groups is 2. The van der Waals surface area contributed by atoms with Gasteiger partial charge in [-0.3, -0.25) is 9.59 Å². The maximum Gasteiger partial charge on any atom is 0.271 e. The molecule has 1 aromatic heterocycles. The van der Waals surface area contributed by atoms with Crippen LogP contribution >= 0.6 is 11.3 Å². The number of aryl methyl sites for hydroxylation is 2. The van der Waals surface area contributed by atoms with Crippen molar-refractivity contribution in [3.05, 3.63) is 80.8 Å². The summed E-state index contributed by atoms with van der Waals surface area (Å²) >= 11 is 1.57. The fourth-order valence-corrected chi connectivity index (χ4v) is 6.49. The molecule has 1 atom stereocenters. The van der Waals surface area contributed by atoms with Gasteiger partial charge in [-0.2, -0.15) is 0 Å². The molecule has 0 spiro atoms. The minimum absolute atomic E-state index is 0.0595. The lowest BCUT2D eigenvalue weighted by Crippen LogP contribution is -2.39. The minimum Gasteiger partial charge on any atom is -0.496 e. The Kier molecular flexibility index (Phi) is 7.89. The van der Waals surface area contributed by atoms with Gasteiger partial charge in [0.1, 0.15) is 11.4 Å². The summed E-state index contributed by atoms with van der Waals surface area (Å²) in [5.74, 6) is 1.31. The van der Waals surface area contributed by atoms with Crippen molar-refractivity contribution in [2.24, 2.45) is 5.92 Å². The highest BCUT2D eigenvalue weighted by Crippen LogP contribution is 2.30. The summed E-state index contributed by atoms with van der Waals surface area (Å²) in [6.45, 7) is 3.55. The lowest BCUT2D eigenvalue weighted by atomic mass is 9.88. The molecule has 5 rings (SSSR count). The number of methoxy groups -OCH3 is 1. The molecular formula is C30H35N3O3S. The number of amides is 2. The Bertz CT molecular complexity index is 1260. The zero-order valence-electron chi connectivity index (χ0n) is 21.7. The Morgan fingerprint density at radius 3 is 2.76 bits per heavy atom. The minimum atomic E-state index is -0.0869. The van der Waals surface area contributed by atoms with Gasteiger partial charge in [-0.15, -0.1) is 11.3 Å². The van der Waals surface area contributed by atoms with Crippen molar-refractivity contribution in [3.63, 3.8) is 0 Å². The van der Waals surface area contributed by atoms with Crippen molar-refractivity contribution in [1.82, 2.24) is 15.2 Å². The molecular weight excluding hydrogens is 482 g/mol.